The maximum absolute atomic E-state index is 8.75. The Bertz CT molecular complexity index is 449. The van der Waals surface area contributed by atoms with Gasteiger partial charge in [-0.1, -0.05) is 18.2 Å². The van der Waals surface area contributed by atoms with Gasteiger partial charge < -0.3 is 0 Å². The topological polar surface area (TPSA) is 27.7 Å². The van der Waals surface area contributed by atoms with Crippen molar-refractivity contribution in [2.45, 2.75) is 0 Å². The van der Waals surface area contributed by atoms with E-state index in [9.17, 15) is 0 Å². The Hall–Kier alpha value is -1.88. The van der Waals surface area contributed by atoms with E-state index in [-0.39, 0.29) is 0 Å². The van der Waals surface area contributed by atoms with E-state index >= 15 is 0 Å². The largest absolute Gasteiger partial charge is 0.464 e. The summed E-state index contributed by atoms with van der Waals surface area (Å²) in [5.74, 6) is 0. The highest BCUT2D eigenvalue weighted by Crippen LogP contribution is 2.06. The monoisotopic (exact) mass is 155 g/mol. The highest BCUT2D eigenvalue weighted by Gasteiger charge is 2.01. The normalized spacial score (nSPS) is 9.58. The molecule has 0 saturated heterocycles. The van der Waals surface area contributed by atoms with Crippen LogP contribution in [0.5, 0.6) is 0 Å². The summed E-state index contributed by atoms with van der Waals surface area (Å²) in [4.78, 5) is 0. The first-order chi connectivity index (χ1) is 5.92. The van der Waals surface area contributed by atoms with Gasteiger partial charge in [0.15, 0.2) is 5.26 Å². The zero-order valence-corrected chi connectivity index (χ0v) is 6.44. The van der Waals surface area contributed by atoms with Crippen LogP contribution in [0, 0.1) is 11.5 Å². The van der Waals surface area contributed by atoms with E-state index < -0.39 is 0 Å². The van der Waals surface area contributed by atoms with Gasteiger partial charge >= 0.3 is 6.19 Å². The summed E-state index contributed by atoms with van der Waals surface area (Å²) in [6.07, 6.45) is 3.84. The molecule has 0 aliphatic carbocycles. The summed E-state index contributed by atoms with van der Waals surface area (Å²) in [5, 5.41) is 9.83. The molecule has 0 bridgehead atoms. The first-order valence-electron chi connectivity index (χ1n) is 3.71. The molecule has 2 aromatic rings. The number of nitriles is 1. The minimum Gasteiger partial charge on any atom is -0.142 e. The summed E-state index contributed by atoms with van der Waals surface area (Å²) in [6, 6.07) is 11.7. The summed E-state index contributed by atoms with van der Waals surface area (Å²) in [7, 11) is 0. The van der Waals surface area contributed by atoms with Crippen LogP contribution in [0.3, 0.4) is 0 Å². The van der Waals surface area contributed by atoms with Crippen LogP contribution in [0.2, 0.25) is 0 Å². The van der Waals surface area contributed by atoms with Crippen molar-refractivity contribution in [3.63, 3.8) is 0 Å². The predicted octanol–water partition coefficient (Wildman–Crippen LogP) is 1.46. The molecule has 56 valence electrons. The quantitative estimate of drug-likeness (QED) is 0.529. The van der Waals surface area contributed by atoms with Gasteiger partial charge in [-0.25, -0.2) is 0 Å². The van der Waals surface area contributed by atoms with Crippen LogP contribution in [-0.4, -0.2) is 0 Å². The fraction of sp³-hybridized carbons (Fsp3) is 0. The number of benzene rings is 1. The average molecular weight is 155 g/mol. The van der Waals surface area contributed by atoms with Gasteiger partial charge in [-0.05, 0) is 18.2 Å². The average Bonchev–Trinajstić information content (AvgIpc) is 2.17. The molecule has 0 unspecified atom stereocenters. The second-order valence-electron chi connectivity index (χ2n) is 2.54. The molecule has 0 aliphatic heterocycles. The molecule has 0 aliphatic rings. The third kappa shape index (κ3) is 0.923. The van der Waals surface area contributed by atoms with E-state index in [1.54, 1.807) is 10.8 Å². The molecule has 0 saturated carbocycles. The van der Waals surface area contributed by atoms with Gasteiger partial charge in [0.1, 0.15) is 11.7 Å². The lowest BCUT2D eigenvalue weighted by Gasteiger charge is -1.93. The molecule has 0 N–H and O–H groups in total. The third-order valence-electron chi connectivity index (χ3n) is 1.81. The van der Waals surface area contributed by atoms with Gasteiger partial charge in [0, 0.05) is 5.39 Å². The predicted molar refractivity (Wildman–Crippen MR) is 45.2 cm³/mol. The minimum absolute atomic E-state index is 0.947. The van der Waals surface area contributed by atoms with Crippen LogP contribution in [-0.2, 0) is 0 Å². The van der Waals surface area contributed by atoms with Crippen molar-refractivity contribution in [3.05, 3.63) is 42.6 Å². The van der Waals surface area contributed by atoms with Crippen LogP contribution >= 0.6 is 0 Å². The van der Waals surface area contributed by atoms with E-state index in [1.807, 2.05) is 36.4 Å². The molecule has 2 rings (SSSR count). The first kappa shape index (κ1) is 6.81. The Kier molecular flexibility index (Phi) is 1.49. The molecule has 2 nitrogen and oxygen atoms in total. The second-order valence-corrected chi connectivity index (χ2v) is 2.54. The fourth-order valence-electron chi connectivity index (χ4n) is 1.25. The molecule has 12 heavy (non-hydrogen) atoms. The minimum atomic E-state index is 0.947. The molecular formula is C10H7N2+. The number of rotatable bonds is 0. The number of aromatic nitrogens is 1. The Labute approximate surface area is 70.3 Å². The van der Waals surface area contributed by atoms with Gasteiger partial charge in [0.2, 0.25) is 0 Å². The first-order valence-corrected chi connectivity index (χ1v) is 3.71. The Morgan fingerprint density at radius 1 is 1.08 bits per heavy atom. The van der Waals surface area contributed by atoms with Crippen molar-refractivity contribution in [2.75, 3.05) is 0 Å². The van der Waals surface area contributed by atoms with E-state index in [0.717, 1.165) is 10.9 Å². The molecular weight excluding hydrogens is 148 g/mol. The summed E-state index contributed by atoms with van der Waals surface area (Å²) in [6.45, 7) is 0. The molecule has 0 amide bonds. The standard InChI is InChI=1S/C10H7N2/c11-8-12-7-3-5-9-4-1-2-6-10(9)12/h1-7H/q+1. The summed E-state index contributed by atoms with van der Waals surface area (Å²) in [5.41, 5.74) is 0.947. The Morgan fingerprint density at radius 2 is 1.83 bits per heavy atom. The summed E-state index contributed by atoms with van der Waals surface area (Å²) >= 11 is 0. The number of hydrogen-bond donors (Lipinski definition) is 0. The molecule has 0 spiro atoms. The van der Waals surface area contributed by atoms with Crippen molar-refractivity contribution in [1.29, 1.82) is 5.26 Å². The van der Waals surface area contributed by atoms with Gasteiger partial charge in [0.05, 0.1) is 0 Å². The van der Waals surface area contributed by atoms with Crippen molar-refractivity contribution in [3.8, 4) is 6.19 Å². The number of nitrogens with zero attached hydrogens (tertiary/aromatic N) is 2. The van der Waals surface area contributed by atoms with Crippen LogP contribution in [0.4, 0.5) is 0 Å². The molecule has 2 heteroatoms. The number of hydrogen-bond acceptors (Lipinski definition) is 1. The Morgan fingerprint density at radius 3 is 2.67 bits per heavy atom. The van der Waals surface area contributed by atoms with Gasteiger partial charge in [-0.3, -0.25) is 0 Å². The maximum Gasteiger partial charge on any atom is 0.464 e. The highest BCUT2D eigenvalue weighted by molar-refractivity contribution is 5.75. The van der Waals surface area contributed by atoms with Crippen molar-refractivity contribution < 1.29 is 4.57 Å². The zero-order chi connectivity index (χ0) is 8.39. The third-order valence-corrected chi connectivity index (χ3v) is 1.81. The summed E-state index contributed by atoms with van der Waals surface area (Å²) < 4.78 is 1.55. The number of para-hydroxylation sites is 1. The van der Waals surface area contributed by atoms with Crippen LogP contribution in [0.1, 0.15) is 0 Å². The number of pyridine rings is 1. The lowest BCUT2D eigenvalue weighted by Crippen LogP contribution is -2.27. The molecule has 1 aromatic carbocycles. The van der Waals surface area contributed by atoms with Gasteiger partial charge in [-0.15, -0.1) is 4.57 Å². The smallest absolute Gasteiger partial charge is 0.142 e. The lowest BCUT2D eigenvalue weighted by atomic mass is 10.2. The van der Waals surface area contributed by atoms with Crippen molar-refractivity contribution >= 4 is 10.9 Å². The molecule has 1 heterocycles. The van der Waals surface area contributed by atoms with E-state index in [1.165, 1.54) is 0 Å². The molecule has 1 aromatic heterocycles. The SMILES string of the molecule is N#C[n+]1cccc2ccccc21. The maximum atomic E-state index is 8.75. The van der Waals surface area contributed by atoms with Crippen LogP contribution in [0.25, 0.3) is 10.9 Å². The molecule has 0 fully saturated rings. The van der Waals surface area contributed by atoms with Gasteiger partial charge in [0.25, 0.3) is 0 Å². The van der Waals surface area contributed by atoms with E-state index in [0.29, 0.717) is 0 Å². The molecule has 0 radical (unpaired) electrons. The van der Waals surface area contributed by atoms with E-state index in [2.05, 4.69) is 6.19 Å². The van der Waals surface area contributed by atoms with Gasteiger partial charge in [-0.2, -0.15) is 0 Å². The van der Waals surface area contributed by atoms with Crippen molar-refractivity contribution in [1.82, 2.24) is 0 Å². The van der Waals surface area contributed by atoms with Crippen LogP contribution < -0.4 is 4.57 Å². The van der Waals surface area contributed by atoms with Crippen molar-refractivity contribution in [2.24, 2.45) is 0 Å². The van der Waals surface area contributed by atoms with Crippen LogP contribution in [0.15, 0.2) is 42.6 Å². The lowest BCUT2D eigenvalue weighted by molar-refractivity contribution is -0.557. The fourth-order valence-corrected chi connectivity index (χ4v) is 1.25. The van der Waals surface area contributed by atoms with E-state index in [4.69, 9.17) is 5.26 Å². The highest BCUT2D eigenvalue weighted by atomic mass is 14.9. The zero-order valence-electron chi connectivity index (χ0n) is 6.44. The second kappa shape index (κ2) is 2.63. The molecule has 0 atom stereocenters. The Balaban J connectivity index is 2.91. The number of fused-ring (bicyclic) bond motifs is 1.